The van der Waals surface area contributed by atoms with Crippen LogP contribution in [0, 0.1) is 0 Å². The van der Waals surface area contributed by atoms with Crippen molar-refractivity contribution in [1.82, 2.24) is 5.32 Å². The van der Waals surface area contributed by atoms with Gasteiger partial charge in [0.05, 0.1) is 25.4 Å². The molecule has 1 amide bonds. The van der Waals surface area contributed by atoms with Gasteiger partial charge in [-0.15, -0.1) is 0 Å². The van der Waals surface area contributed by atoms with Crippen LogP contribution >= 0.6 is 0 Å². The van der Waals surface area contributed by atoms with Gasteiger partial charge in [0.2, 0.25) is 5.91 Å². The third-order valence-electron chi connectivity index (χ3n) is 14.4. The maximum Gasteiger partial charge on any atom is 0.305 e. The third kappa shape index (κ3) is 55.4. The van der Waals surface area contributed by atoms with Gasteiger partial charge in [0.1, 0.15) is 0 Å². The molecule has 6 heteroatoms. The van der Waals surface area contributed by atoms with E-state index in [9.17, 15) is 19.8 Å². The predicted molar refractivity (Wildman–Crippen MR) is 306 cm³/mol. The van der Waals surface area contributed by atoms with Gasteiger partial charge in [-0.25, -0.2) is 0 Å². The van der Waals surface area contributed by atoms with Gasteiger partial charge in [0.15, 0.2) is 0 Å². The summed E-state index contributed by atoms with van der Waals surface area (Å²) in [5.41, 5.74) is 0. The number of rotatable bonds is 58. The van der Waals surface area contributed by atoms with E-state index in [-0.39, 0.29) is 18.5 Å². The molecule has 0 fully saturated rings. The molecule has 0 aliphatic rings. The molecule has 0 bridgehead atoms. The number of amides is 1. The minimum atomic E-state index is -0.851. The summed E-state index contributed by atoms with van der Waals surface area (Å²) in [7, 11) is 0. The number of hydrogen-bond donors (Lipinski definition) is 3. The van der Waals surface area contributed by atoms with Crippen LogP contribution in [0.3, 0.4) is 0 Å². The predicted octanol–water partition coefficient (Wildman–Crippen LogP) is 19.6. The molecular formula is C64H121NO5. The fraction of sp³-hybridized carbons (Fsp3) is 0.875. The minimum Gasteiger partial charge on any atom is -0.466 e. The lowest BCUT2D eigenvalue weighted by molar-refractivity contribution is -0.143. The molecule has 0 aliphatic carbocycles. The summed E-state index contributed by atoms with van der Waals surface area (Å²) in [6.45, 7) is 4.90. The summed E-state index contributed by atoms with van der Waals surface area (Å²) < 4.78 is 5.47. The Kier molecular flexibility index (Phi) is 58.0. The topological polar surface area (TPSA) is 95.9 Å². The van der Waals surface area contributed by atoms with Crippen molar-refractivity contribution < 1.29 is 24.5 Å². The van der Waals surface area contributed by atoms with Gasteiger partial charge in [-0.2, -0.15) is 0 Å². The first kappa shape index (κ1) is 68.1. The van der Waals surface area contributed by atoms with Crippen LogP contribution in [0.15, 0.2) is 36.5 Å². The lowest BCUT2D eigenvalue weighted by atomic mass is 10.0. The van der Waals surface area contributed by atoms with E-state index in [2.05, 4.69) is 43.5 Å². The van der Waals surface area contributed by atoms with E-state index in [0.717, 1.165) is 51.4 Å². The highest BCUT2D eigenvalue weighted by atomic mass is 16.5. The summed E-state index contributed by atoms with van der Waals surface area (Å²) in [5, 5.41) is 23.2. The van der Waals surface area contributed by atoms with E-state index in [1.165, 1.54) is 257 Å². The van der Waals surface area contributed by atoms with Crippen LogP contribution in [-0.2, 0) is 14.3 Å². The normalized spacial score (nSPS) is 12.8. The molecule has 2 atom stereocenters. The molecule has 0 spiro atoms. The molecule has 0 heterocycles. The van der Waals surface area contributed by atoms with Crippen molar-refractivity contribution in [3.8, 4) is 0 Å². The van der Waals surface area contributed by atoms with Gasteiger partial charge in [-0.05, 0) is 83.5 Å². The van der Waals surface area contributed by atoms with E-state index in [1.807, 2.05) is 6.08 Å². The van der Waals surface area contributed by atoms with Crippen molar-refractivity contribution in [3.63, 3.8) is 0 Å². The molecule has 6 nitrogen and oxygen atoms in total. The number of nitrogens with one attached hydrogen (secondary N) is 1. The van der Waals surface area contributed by atoms with Gasteiger partial charge in [0, 0.05) is 12.8 Å². The van der Waals surface area contributed by atoms with E-state index >= 15 is 0 Å². The van der Waals surface area contributed by atoms with Crippen LogP contribution in [0.25, 0.3) is 0 Å². The molecule has 0 aromatic carbocycles. The number of ether oxygens (including phenoxy) is 1. The van der Waals surface area contributed by atoms with Crippen LogP contribution in [0.2, 0.25) is 0 Å². The first-order chi connectivity index (χ1) is 34.5. The second-order valence-corrected chi connectivity index (χ2v) is 21.4. The Bertz CT molecular complexity index is 1130. The maximum absolute atomic E-state index is 12.5. The van der Waals surface area contributed by atoms with Crippen molar-refractivity contribution in [1.29, 1.82) is 0 Å². The number of aliphatic hydroxyl groups is 2. The zero-order valence-electron chi connectivity index (χ0n) is 47.0. The average molecular weight is 985 g/mol. The zero-order chi connectivity index (χ0) is 50.7. The molecule has 0 saturated carbocycles. The summed E-state index contributed by atoms with van der Waals surface area (Å²) in [5.74, 6) is -0.0776. The quantitative estimate of drug-likeness (QED) is 0.0321. The van der Waals surface area contributed by atoms with Crippen molar-refractivity contribution in [2.24, 2.45) is 0 Å². The first-order valence-electron chi connectivity index (χ1n) is 31.3. The van der Waals surface area contributed by atoms with Crippen LogP contribution in [0.4, 0.5) is 0 Å². The third-order valence-corrected chi connectivity index (χ3v) is 14.4. The van der Waals surface area contributed by atoms with E-state index in [1.54, 1.807) is 6.08 Å². The first-order valence-corrected chi connectivity index (χ1v) is 31.3. The van der Waals surface area contributed by atoms with Gasteiger partial charge in [-0.3, -0.25) is 9.59 Å². The monoisotopic (exact) mass is 984 g/mol. The average Bonchev–Trinajstić information content (AvgIpc) is 3.36. The zero-order valence-corrected chi connectivity index (χ0v) is 47.0. The number of carbonyl (C=O) groups excluding carboxylic acids is 2. The number of aliphatic hydroxyl groups excluding tert-OH is 2. The van der Waals surface area contributed by atoms with E-state index in [0.29, 0.717) is 19.4 Å². The molecule has 2 unspecified atom stereocenters. The van der Waals surface area contributed by atoms with Gasteiger partial charge >= 0.3 is 5.97 Å². The molecule has 0 aromatic heterocycles. The molecule has 0 rings (SSSR count). The van der Waals surface area contributed by atoms with E-state index < -0.39 is 12.1 Å². The van der Waals surface area contributed by atoms with Crippen LogP contribution < -0.4 is 5.32 Å². The fourth-order valence-corrected chi connectivity index (χ4v) is 9.57. The molecule has 70 heavy (non-hydrogen) atoms. The Morgan fingerprint density at radius 3 is 1.01 bits per heavy atom. The Balaban J connectivity index is 3.47. The Morgan fingerprint density at radius 2 is 0.671 bits per heavy atom. The van der Waals surface area contributed by atoms with Gasteiger partial charge in [0.25, 0.3) is 0 Å². The summed E-state index contributed by atoms with van der Waals surface area (Å²) in [6, 6.07) is -0.635. The number of allylic oxidation sites excluding steroid dienone is 5. The lowest BCUT2D eigenvalue weighted by Gasteiger charge is -2.20. The standard InChI is InChI=1S/C64H121NO5/c1-3-5-7-9-11-13-15-17-19-20-23-26-29-32-36-40-44-48-52-56-62(67)61(60-66)65-63(68)57-53-49-45-41-37-33-30-27-24-21-22-25-28-31-35-39-43-47-51-55-59-70-64(69)58-54-50-46-42-38-34-18-16-14-12-10-8-6-4-2/h16,18,21,24,52,56,61-62,66-67H,3-15,17,19-20,22-23,25-51,53-55,57-60H2,1-2H3,(H,65,68)/b18-16-,24-21-,56-52+. The fourth-order valence-electron chi connectivity index (χ4n) is 9.57. The van der Waals surface area contributed by atoms with Crippen molar-refractivity contribution >= 4 is 11.9 Å². The largest absolute Gasteiger partial charge is 0.466 e. The summed E-state index contributed by atoms with van der Waals surface area (Å²) in [4.78, 5) is 24.5. The van der Waals surface area contributed by atoms with Crippen molar-refractivity contribution in [3.05, 3.63) is 36.5 Å². The highest BCUT2D eigenvalue weighted by Crippen LogP contribution is 2.17. The number of hydrogen-bond acceptors (Lipinski definition) is 5. The van der Waals surface area contributed by atoms with Crippen LogP contribution in [-0.4, -0.2) is 47.4 Å². The second-order valence-electron chi connectivity index (χ2n) is 21.4. The lowest BCUT2D eigenvalue weighted by Crippen LogP contribution is -2.45. The maximum atomic E-state index is 12.5. The molecular weight excluding hydrogens is 863 g/mol. The molecule has 0 saturated heterocycles. The molecule has 0 aliphatic heterocycles. The smallest absolute Gasteiger partial charge is 0.305 e. The van der Waals surface area contributed by atoms with Crippen molar-refractivity contribution in [2.75, 3.05) is 13.2 Å². The number of carbonyl (C=O) groups is 2. The molecule has 0 aromatic rings. The number of esters is 1. The highest BCUT2D eigenvalue weighted by Gasteiger charge is 2.18. The Labute approximate surface area is 436 Å². The Morgan fingerprint density at radius 1 is 0.386 bits per heavy atom. The van der Waals surface area contributed by atoms with Crippen molar-refractivity contribution in [2.45, 2.75) is 347 Å². The molecule has 0 radical (unpaired) electrons. The van der Waals surface area contributed by atoms with Crippen LogP contribution in [0.1, 0.15) is 335 Å². The number of unbranched alkanes of at least 4 members (excludes halogenated alkanes) is 43. The van der Waals surface area contributed by atoms with Gasteiger partial charge in [-0.1, -0.05) is 275 Å². The second kappa shape index (κ2) is 59.6. The summed E-state index contributed by atoms with van der Waals surface area (Å²) >= 11 is 0. The molecule has 412 valence electrons. The highest BCUT2D eigenvalue weighted by molar-refractivity contribution is 5.76. The van der Waals surface area contributed by atoms with Crippen LogP contribution in [0.5, 0.6) is 0 Å². The van der Waals surface area contributed by atoms with Gasteiger partial charge < -0.3 is 20.3 Å². The Hall–Kier alpha value is -1.92. The SMILES string of the molecule is CCCCCCC/C=C\CCCCCCCC(=O)OCCCCCCCCCCC/C=C\CCCCCCCCCC(=O)NC(CO)C(O)/C=C/CCCCCCCCCCCCCCCCCCC. The van der Waals surface area contributed by atoms with E-state index in [4.69, 9.17) is 4.74 Å². The summed E-state index contributed by atoms with van der Waals surface area (Å²) in [6.07, 6.45) is 74.6. The molecule has 3 N–H and O–H groups in total. The minimum absolute atomic E-state index is 0.00290.